The maximum Gasteiger partial charge on any atom is 0.254 e. The first-order valence-electron chi connectivity index (χ1n) is 11.5. The van der Waals surface area contributed by atoms with E-state index >= 15 is 0 Å². The quantitative estimate of drug-likeness (QED) is 0.844. The summed E-state index contributed by atoms with van der Waals surface area (Å²) in [7, 11) is 0. The van der Waals surface area contributed by atoms with Gasteiger partial charge in [0.2, 0.25) is 5.91 Å². The molecule has 1 saturated carbocycles. The standard InChI is InChI=1S/C23H36N4O2/c1-23(2,3)22(29)27-12-7-10-19(27)20-24-18-15-26(13-11-17(18)21(28)25-20)14-16-8-5-4-6-9-16/h16,19H,4-15H2,1-3H3,(H,24,25,28). The van der Waals surface area contributed by atoms with Crippen LogP contribution >= 0.6 is 0 Å². The van der Waals surface area contributed by atoms with E-state index in [4.69, 9.17) is 4.98 Å². The highest BCUT2D eigenvalue weighted by Gasteiger charge is 2.37. The summed E-state index contributed by atoms with van der Waals surface area (Å²) in [6, 6.07) is -0.103. The maximum absolute atomic E-state index is 12.9. The maximum atomic E-state index is 12.9. The van der Waals surface area contributed by atoms with Gasteiger partial charge in [-0.1, -0.05) is 40.0 Å². The number of fused-ring (bicyclic) bond motifs is 1. The first kappa shape index (κ1) is 20.6. The van der Waals surface area contributed by atoms with Crippen molar-refractivity contribution in [3.05, 3.63) is 27.4 Å². The number of nitrogens with zero attached hydrogens (tertiary/aromatic N) is 3. The number of H-pyrrole nitrogens is 1. The van der Waals surface area contributed by atoms with Crippen molar-refractivity contribution in [3.8, 4) is 0 Å². The molecule has 3 aliphatic rings. The third-order valence-electron chi connectivity index (χ3n) is 6.88. The number of carbonyl (C=O) groups is 1. The lowest BCUT2D eigenvalue weighted by atomic mass is 9.88. The Bertz CT molecular complexity index is 804. The van der Waals surface area contributed by atoms with Crippen LogP contribution in [0.5, 0.6) is 0 Å². The molecule has 0 bridgehead atoms. The summed E-state index contributed by atoms with van der Waals surface area (Å²) in [4.78, 5) is 38.1. The first-order valence-corrected chi connectivity index (χ1v) is 11.5. The molecule has 6 heteroatoms. The van der Waals surface area contributed by atoms with E-state index in [0.717, 1.165) is 62.6 Å². The van der Waals surface area contributed by atoms with Gasteiger partial charge in [0.25, 0.3) is 5.56 Å². The molecule has 1 aromatic rings. The molecule has 0 aromatic carbocycles. The zero-order valence-corrected chi connectivity index (χ0v) is 18.3. The molecule has 1 N–H and O–H groups in total. The molecule has 1 aliphatic carbocycles. The van der Waals surface area contributed by atoms with E-state index in [0.29, 0.717) is 5.82 Å². The van der Waals surface area contributed by atoms with Crippen molar-refractivity contribution in [1.82, 2.24) is 19.8 Å². The fraction of sp³-hybridized carbons (Fsp3) is 0.783. The zero-order valence-electron chi connectivity index (χ0n) is 18.3. The highest BCUT2D eigenvalue weighted by atomic mass is 16.2. The van der Waals surface area contributed by atoms with Crippen LogP contribution in [0.2, 0.25) is 0 Å². The van der Waals surface area contributed by atoms with E-state index in [1.807, 2.05) is 25.7 Å². The molecule has 0 spiro atoms. The fourth-order valence-corrected chi connectivity index (χ4v) is 5.29. The molecular formula is C23H36N4O2. The van der Waals surface area contributed by atoms with E-state index in [1.165, 1.54) is 32.1 Å². The number of hydrogen-bond donors (Lipinski definition) is 1. The normalized spacial score (nSPS) is 24.0. The monoisotopic (exact) mass is 400 g/mol. The lowest BCUT2D eigenvalue weighted by Crippen LogP contribution is -2.41. The number of rotatable bonds is 3. The molecular weight excluding hydrogens is 364 g/mol. The number of aromatic nitrogens is 2. The van der Waals surface area contributed by atoms with Crippen LogP contribution in [-0.2, 0) is 17.8 Å². The second-order valence-corrected chi connectivity index (χ2v) is 10.3. The summed E-state index contributed by atoms with van der Waals surface area (Å²) in [5.41, 5.74) is 1.35. The predicted molar refractivity (Wildman–Crippen MR) is 114 cm³/mol. The Morgan fingerprint density at radius 2 is 1.86 bits per heavy atom. The van der Waals surface area contributed by atoms with Gasteiger partial charge in [-0.05, 0) is 38.0 Å². The van der Waals surface area contributed by atoms with Crippen LogP contribution in [-0.4, -0.2) is 45.3 Å². The second-order valence-electron chi connectivity index (χ2n) is 10.3. The molecule has 2 fully saturated rings. The van der Waals surface area contributed by atoms with E-state index in [9.17, 15) is 9.59 Å². The number of carbonyl (C=O) groups excluding carboxylic acids is 1. The molecule has 1 atom stereocenters. The van der Waals surface area contributed by atoms with Gasteiger partial charge in [0.15, 0.2) is 0 Å². The minimum atomic E-state index is -0.423. The van der Waals surface area contributed by atoms with Crippen LogP contribution in [0.15, 0.2) is 4.79 Å². The third-order valence-corrected chi connectivity index (χ3v) is 6.88. The van der Waals surface area contributed by atoms with Crippen LogP contribution in [0.4, 0.5) is 0 Å². The van der Waals surface area contributed by atoms with Crippen molar-refractivity contribution in [3.63, 3.8) is 0 Å². The molecule has 4 rings (SSSR count). The summed E-state index contributed by atoms with van der Waals surface area (Å²) in [5.74, 6) is 1.61. The summed E-state index contributed by atoms with van der Waals surface area (Å²) in [6.07, 6.45) is 9.38. The first-order chi connectivity index (χ1) is 13.8. The molecule has 6 nitrogen and oxygen atoms in total. The Labute approximate surface area is 174 Å². The molecule has 3 heterocycles. The topological polar surface area (TPSA) is 69.3 Å². The van der Waals surface area contributed by atoms with Gasteiger partial charge in [0.1, 0.15) is 5.82 Å². The third kappa shape index (κ3) is 4.42. The van der Waals surface area contributed by atoms with E-state index in [1.54, 1.807) is 0 Å². The molecule has 1 saturated heterocycles. The van der Waals surface area contributed by atoms with Crippen LogP contribution in [0, 0.1) is 11.3 Å². The van der Waals surface area contributed by atoms with E-state index < -0.39 is 5.41 Å². The molecule has 2 aliphatic heterocycles. The Kier molecular flexibility index (Phi) is 5.83. The number of aromatic amines is 1. The molecule has 1 aromatic heterocycles. The summed E-state index contributed by atoms with van der Waals surface area (Å²) in [6.45, 7) is 9.45. The van der Waals surface area contributed by atoms with Gasteiger partial charge in [0.05, 0.1) is 11.7 Å². The summed E-state index contributed by atoms with van der Waals surface area (Å²) in [5, 5.41) is 0. The Morgan fingerprint density at radius 1 is 1.10 bits per heavy atom. The van der Waals surface area contributed by atoms with Crippen LogP contribution < -0.4 is 5.56 Å². The lowest BCUT2D eigenvalue weighted by molar-refractivity contribution is -0.140. The van der Waals surface area contributed by atoms with Gasteiger partial charge in [-0.25, -0.2) is 4.98 Å². The smallest absolute Gasteiger partial charge is 0.254 e. The van der Waals surface area contributed by atoms with Gasteiger partial charge < -0.3 is 9.88 Å². The van der Waals surface area contributed by atoms with Gasteiger partial charge >= 0.3 is 0 Å². The average molecular weight is 401 g/mol. The van der Waals surface area contributed by atoms with Crippen molar-refractivity contribution in [2.75, 3.05) is 19.6 Å². The highest BCUT2D eigenvalue weighted by molar-refractivity contribution is 5.82. The fourth-order valence-electron chi connectivity index (χ4n) is 5.29. The van der Waals surface area contributed by atoms with E-state index in [2.05, 4.69) is 9.88 Å². The number of likely N-dealkylation sites (tertiary alicyclic amines) is 1. The summed E-state index contributed by atoms with van der Waals surface area (Å²) < 4.78 is 0. The van der Waals surface area contributed by atoms with Gasteiger partial charge in [-0.3, -0.25) is 14.5 Å². The second kappa shape index (κ2) is 8.21. The van der Waals surface area contributed by atoms with Gasteiger partial charge in [-0.2, -0.15) is 0 Å². The van der Waals surface area contributed by atoms with Gasteiger partial charge in [-0.15, -0.1) is 0 Å². The Hall–Kier alpha value is -1.69. The minimum Gasteiger partial charge on any atom is -0.332 e. The van der Waals surface area contributed by atoms with Crippen molar-refractivity contribution in [2.24, 2.45) is 11.3 Å². The highest BCUT2D eigenvalue weighted by Crippen LogP contribution is 2.34. The SMILES string of the molecule is CC(C)(C)C(=O)N1CCCC1c1nc2c(c(=O)[nH]1)CCN(CC1CCCCC1)C2. The van der Waals surface area contributed by atoms with Crippen LogP contribution in [0.3, 0.4) is 0 Å². The van der Waals surface area contributed by atoms with E-state index in [-0.39, 0.29) is 17.5 Å². The molecule has 0 radical (unpaired) electrons. The average Bonchev–Trinajstić information content (AvgIpc) is 3.17. The van der Waals surface area contributed by atoms with Crippen molar-refractivity contribution >= 4 is 5.91 Å². The molecule has 29 heavy (non-hydrogen) atoms. The predicted octanol–water partition coefficient (Wildman–Crippen LogP) is 3.42. The molecule has 160 valence electrons. The Morgan fingerprint density at radius 3 is 2.59 bits per heavy atom. The van der Waals surface area contributed by atoms with Crippen molar-refractivity contribution in [1.29, 1.82) is 0 Å². The molecule has 1 amide bonds. The zero-order chi connectivity index (χ0) is 20.6. The van der Waals surface area contributed by atoms with Crippen molar-refractivity contribution < 1.29 is 4.79 Å². The molecule has 1 unspecified atom stereocenters. The number of nitrogens with one attached hydrogen (secondary N) is 1. The summed E-state index contributed by atoms with van der Waals surface area (Å²) >= 11 is 0. The van der Waals surface area contributed by atoms with Gasteiger partial charge in [0, 0.05) is 37.2 Å². The van der Waals surface area contributed by atoms with Crippen LogP contribution in [0.1, 0.15) is 88.8 Å². The largest absolute Gasteiger partial charge is 0.332 e. The van der Waals surface area contributed by atoms with Crippen LogP contribution in [0.25, 0.3) is 0 Å². The number of hydrogen-bond acceptors (Lipinski definition) is 4. The van der Waals surface area contributed by atoms with Crippen molar-refractivity contribution in [2.45, 2.75) is 84.7 Å². The Balaban J connectivity index is 1.53. The lowest BCUT2D eigenvalue weighted by Gasteiger charge is -2.33. The minimum absolute atomic E-state index is 0.00243. The number of amides is 1.